The fourth-order valence-electron chi connectivity index (χ4n) is 1.71. The van der Waals surface area contributed by atoms with Gasteiger partial charge < -0.3 is 10.2 Å². The minimum Gasteiger partial charge on any atom is -0.395 e. The monoisotopic (exact) mass is 250 g/mol. The summed E-state index contributed by atoms with van der Waals surface area (Å²) >= 11 is 5.90. The van der Waals surface area contributed by atoms with Crippen molar-refractivity contribution in [3.63, 3.8) is 0 Å². The van der Waals surface area contributed by atoms with E-state index in [2.05, 4.69) is 10.5 Å². The Balaban J connectivity index is 1.84. The number of nitrogens with zero attached hydrogens (tertiary/aromatic N) is 1. The van der Waals surface area contributed by atoms with Gasteiger partial charge in [-0.2, -0.15) is 0 Å². The second-order valence-electron chi connectivity index (χ2n) is 4.32. The van der Waals surface area contributed by atoms with Crippen molar-refractivity contribution < 1.29 is 9.63 Å². The number of nitrogens with one attached hydrogen (secondary N) is 1. The maximum absolute atomic E-state index is 11.7. The number of anilines is 1. The van der Waals surface area contributed by atoms with E-state index in [9.17, 15) is 4.79 Å². The number of amides is 1. The van der Waals surface area contributed by atoms with Gasteiger partial charge in [-0.15, -0.1) is 0 Å². The summed E-state index contributed by atoms with van der Waals surface area (Å²) < 4.78 is 0. The van der Waals surface area contributed by atoms with Crippen molar-refractivity contribution in [2.45, 2.75) is 12.8 Å². The van der Waals surface area contributed by atoms with Gasteiger partial charge >= 0.3 is 0 Å². The van der Waals surface area contributed by atoms with E-state index >= 15 is 0 Å². The van der Waals surface area contributed by atoms with Crippen molar-refractivity contribution in [3.05, 3.63) is 28.8 Å². The molecule has 1 aromatic carbocycles. The third-order valence-electron chi connectivity index (χ3n) is 2.86. The number of carbonyl (C=O) groups excluding carboxylic acids is 1. The van der Waals surface area contributed by atoms with Crippen LogP contribution in [0.3, 0.4) is 0 Å². The first-order valence-corrected chi connectivity index (χ1v) is 5.93. The quantitative estimate of drug-likeness (QED) is 0.838. The van der Waals surface area contributed by atoms with E-state index in [0.29, 0.717) is 28.8 Å². The molecule has 17 heavy (non-hydrogen) atoms. The van der Waals surface area contributed by atoms with Crippen LogP contribution in [0.25, 0.3) is 0 Å². The highest BCUT2D eigenvalue weighted by Crippen LogP contribution is 2.30. The summed E-state index contributed by atoms with van der Waals surface area (Å²) in [6.07, 6.45) is 2.39. The number of oxime groups is 1. The summed E-state index contributed by atoms with van der Waals surface area (Å²) in [6.45, 7) is 0.590. The molecule has 0 atom stereocenters. The van der Waals surface area contributed by atoms with Gasteiger partial charge in [0.05, 0.1) is 5.69 Å². The van der Waals surface area contributed by atoms with E-state index in [1.807, 2.05) is 0 Å². The first-order chi connectivity index (χ1) is 8.24. The third kappa shape index (κ3) is 2.13. The lowest BCUT2D eigenvalue weighted by Gasteiger charge is -1.99. The number of hydrogen-bond acceptors (Lipinski definition) is 3. The zero-order valence-corrected chi connectivity index (χ0v) is 9.83. The molecule has 0 aromatic heterocycles. The fourth-order valence-corrected chi connectivity index (χ4v) is 1.88. The molecule has 0 radical (unpaired) electrons. The molecule has 1 aliphatic heterocycles. The topological polar surface area (TPSA) is 50.7 Å². The third-order valence-corrected chi connectivity index (χ3v) is 3.10. The second-order valence-corrected chi connectivity index (χ2v) is 4.76. The molecule has 1 heterocycles. The molecule has 1 amide bonds. The smallest absolute Gasteiger partial charge is 0.278 e. The molecule has 1 aromatic rings. The Morgan fingerprint density at radius 3 is 3.06 bits per heavy atom. The highest BCUT2D eigenvalue weighted by atomic mass is 35.5. The lowest BCUT2D eigenvalue weighted by atomic mass is 10.1. The van der Waals surface area contributed by atoms with E-state index in [0.717, 1.165) is 5.69 Å². The Bertz CT molecular complexity index is 509. The highest BCUT2D eigenvalue weighted by Gasteiger charge is 2.27. The molecule has 88 valence electrons. The van der Waals surface area contributed by atoms with Gasteiger partial charge in [0.15, 0.2) is 5.71 Å². The Morgan fingerprint density at radius 2 is 2.29 bits per heavy atom. The number of fused-ring (bicyclic) bond motifs is 1. The standard InChI is InChI=1S/C12H11ClN2O2/c13-8-3-4-10-9(5-8)11(12(16)14-10)15-17-6-7-1-2-7/h3-5,7H,1-2,6H2,(H,14,15,16). The SMILES string of the molecule is O=C1Nc2ccc(Cl)cc2/C1=N\OCC1CC1. The van der Waals surface area contributed by atoms with Crippen LogP contribution in [0.4, 0.5) is 5.69 Å². The van der Waals surface area contributed by atoms with Gasteiger partial charge in [0.1, 0.15) is 6.61 Å². The Labute approximate surface area is 104 Å². The molecular weight excluding hydrogens is 240 g/mol. The van der Waals surface area contributed by atoms with Crippen LogP contribution in [0.15, 0.2) is 23.4 Å². The van der Waals surface area contributed by atoms with E-state index in [1.165, 1.54) is 12.8 Å². The molecule has 3 rings (SSSR count). The van der Waals surface area contributed by atoms with Crippen molar-refractivity contribution in [1.29, 1.82) is 0 Å². The van der Waals surface area contributed by atoms with Gasteiger partial charge in [-0.05, 0) is 37.0 Å². The van der Waals surface area contributed by atoms with Crippen LogP contribution in [0.1, 0.15) is 18.4 Å². The van der Waals surface area contributed by atoms with E-state index < -0.39 is 0 Å². The van der Waals surface area contributed by atoms with Gasteiger partial charge in [0.25, 0.3) is 5.91 Å². The molecule has 1 N–H and O–H groups in total. The van der Waals surface area contributed by atoms with Crippen LogP contribution < -0.4 is 5.32 Å². The average molecular weight is 251 g/mol. The summed E-state index contributed by atoms with van der Waals surface area (Å²) in [6, 6.07) is 5.21. The molecule has 1 aliphatic carbocycles. The van der Waals surface area contributed by atoms with Crippen molar-refractivity contribution in [3.8, 4) is 0 Å². The Hall–Kier alpha value is -1.55. The molecule has 0 spiro atoms. The largest absolute Gasteiger partial charge is 0.395 e. The first-order valence-electron chi connectivity index (χ1n) is 5.55. The number of halogens is 1. The number of hydrogen-bond donors (Lipinski definition) is 1. The molecule has 0 bridgehead atoms. The van der Waals surface area contributed by atoms with E-state index in [-0.39, 0.29) is 5.91 Å². The van der Waals surface area contributed by atoms with Crippen LogP contribution in [0.5, 0.6) is 0 Å². The Morgan fingerprint density at radius 1 is 1.47 bits per heavy atom. The lowest BCUT2D eigenvalue weighted by molar-refractivity contribution is -0.110. The summed E-state index contributed by atoms with van der Waals surface area (Å²) in [5.74, 6) is 0.376. The van der Waals surface area contributed by atoms with Crippen LogP contribution in [-0.2, 0) is 9.63 Å². The van der Waals surface area contributed by atoms with Gasteiger partial charge in [-0.3, -0.25) is 4.79 Å². The predicted molar refractivity (Wildman–Crippen MR) is 65.3 cm³/mol. The van der Waals surface area contributed by atoms with Gasteiger partial charge in [0.2, 0.25) is 0 Å². The zero-order valence-electron chi connectivity index (χ0n) is 9.07. The summed E-state index contributed by atoms with van der Waals surface area (Å²) in [7, 11) is 0. The van der Waals surface area contributed by atoms with E-state index in [4.69, 9.17) is 16.4 Å². The van der Waals surface area contributed by atoms with Crippen LogP contribution in [-0.4, -0.2) is 18.2 Å². The maximum atomic E-state index is 11.7. The van der Waals surface area contributed by atoms with E-state index in [1.54, 1.807) is 18.2 Å². The summed E-state index contributed by atoms with van der Waals surface area (Å²) in [5.41, 5.74) is 1.75. The van der Waals surface area contributed by atoms with Gasteiger partial charge in [-0.25, -0.2) is 0 Å². The van der Waals surface area contributed by atoms with Crippen molar-refractivity contribution in [1.82, 2.24) is 0 Å². The molecule has 1 saturated carbocycles. The molecule has 4 nitrogen and oxygen atoms in total. The molecule has 1 fully saturated rings. The molecular formula is C12H11ClN2O2. The lowest BCUT2D eigenvalue weighted by Crippen LogP contribution is -2.15. The number of carbonyl (C=O) groups is 1. The molecule has 5 heteroatoms. The second kappa shape index (κ2) is 4.04. The maximum Gasteiger partial charge on any atom is 0.278 e. The Kier molecular flexibility index (Phi) is 2.52. The minimum atomic E-state index is -0.238. The number of benzene rings is 1. The van der Waals surface area contributed by atoms with Crippen molar-refractivity contribution in [2.24, 2.45) is 11.1 Å². The van der Waals surface area contributed by atoms with Crippen LogP contribution in [0, 0.1) is 5.92 Å². The first kappa shape index (κ1) is 10.6. The predicted octanol–water partition coefficient (Wildman–Crippen LogP) is 2.42. The summed E-state index contributed by atoms with van der Waals surface area (Å²) in [4.78, 5) is 16.9. The average Bonchev–Trinajstić information content (AvgIpc) is 3.06. The van der Waals surface area contributed by atoms with Gasteiger partial charge in [-0.1, -0.05) is 16.8 Å². The zero-order chi connectivity index (χ0) is 11.8. The molecule has 0 unspecified atom stereocenters. The van der Waals surface area contributed by atoms with Gasteiger partial charge in [0, 0.05) is 10.6 Å². The summed E-state index contributed by atoms with van der Waals surface area (Å²) in [5, 5.41) is 7.21. The molecule has 2 aliphatic rings. The normalized spacial score (nSPS) is 20.3. The van der Waals surface area contributed by atoms with Crippen LogP contribution >= 0.6 is 11.6 Å². The number of rotatable bonds is 3. The van der Waals surface area contributed by atoms with Crippen molar-refractivity contribution in [2.75, 3.05) is 11.9 Å². The fraction of sp³-hybridized carbons (Fsp3) is 0.333. The molecule has 0 saturated heterocycles. The van der Waals surface area contributed by atoms with Crippen molar-refractivity contribution >= 4 is 28.9 Å². The highest BCUT2D eigenvalue weighted by molar-refractivity contribution is 6.54. The van der Waals surface area contributed by atoms with Crippen LogP contribution in [0.2, 0.25) is 5.02 Å². The minimum absolute atomic E-state index is 0.238.